The smallest absolute Gasteiger partial charge is 0.240 e. The van der Waals surface area contributed by atoms with Gasteiger partial charge in [0.1, 0.15) is 0 Å². The largest absolute Gasteiger partial charge is 0.338 e. The molecule has 3 atom stereocenters. The van der Waals surface area contributed by atoms with E-state index in [4.69, 9.17) is 5.73 Å². The first-order valence-electron chi connectivity index (χ1n) is 5.95. The Kier molecular flexibility index (Phi) is 2.53. The van der Waals surface area contributed by atoms with E-state index in [9.17, 15) is 4.79 Å². The highest BCUT2D eigenvalue weighted by Crippen LogP contribution is 2.38. The maximum atomic E-state index is 12.2. The van der Waals surface area contributed by atoms with Gasteiger partial charge in [0, 0.05) is 12.6 Å². The van der Waals surface area contributed by atoms with Crippen LogP contribution in [0, 0.1) is 11.3 Å². The monoisotopic (exact) mass is 210 g/mol. The molecule has 1 aliphatic heterocycles. The summed E-state index contributed by atoms with van der Waals surface area (Å²) in [5.74, 6) is 0.917. The summed E-state index contributed by atoms with van der Waals surface area (Å²) in [6.45, 7) is 7.05. The van der Waals surface area contributed by atoms with Crippen molar-refractivity contribution in [1.82, 2.24) is 4.90 Å². The lowest BCUT2D eigenvalue weighted by atomic mass is 9.86. The van der Waals surface area contributed by atoms with Gasteiger partial charge in [0.2, 0.25) is 5.91 Å². The number of nitrogens with two attached hydrogens (primary N) is 1. The SMILES string of the molecule is CC(C)(C)[C@H](N)C(=O)N1CC2CCC1C2. The number of fused-ring (bicyclic) bond motifs is 2. The highest BCUT2D eigenvalue weighted by atomic mass is 16.2. The van der Waals surface area contributed by atoms with Gasteiger partial charge in [-0.05, 0) is 30.6 Å². The van der Waals surface area contributed by atoms with Crippen molar-refractivity contribution in [1.29, 1.82) is 0 Å². The average molecular weight is 210 g/mol. The van der Waals surface area contributed by atoms with Crippen LogP contribution in [0.15, 0.2) is 0 Å². The lowest BCUT2D eigenvalue weighted by molar-refractivity contribution is -0.136. The van der Waals surface area contributed by atoms with Crippen LogP contribution in [0.2, 0.25) is 0 Å². The molecule has 1 heterocycles. The van der Waals surface area contributed by atoms with Crippen LogP contribution in [0.1, 0.15) is 40.0 Å². The summed E-state index contributed by atoms with van der Waals surface area (Å²) in [6, 6.07) is 0.146. The molecule has 3 nitrogen and oxygen atoms in total. The van der Waals surface area contributed by atoms with Gasteiger partial charge in [-0.25, -0.2) is 0 Å². The fourth-order valence-corrected chi connectivity index (χ4v) is 2.74. The van der Waals surface area contributed by atoms with Gasteiger partial charge in [0.05, 0.1) is 6.04 Å². The maximum Gasteiger partial charge on any atom is 0.240 e. The number of piperidine rings is 1. The lowest BCUT2D eigenvalue weighted by Crippen LogP contribution is -2.52. The summed E-state index contributed by atoms with van der Waals surface area (Å²) < 4.78 is 0. The van der Waals surface area contributed by atoms with Crippen LogP contribution in [0.25, 0.3) is 0 Å². The van der Waals surface area contributed by atoms with Gasteiger partial charge in [0.15, 0.2) is 0 Å². The van der Waals surface area contributed by atoms with Crippen molar-refractivity contribution >= 4 is 5.91 Å². The summed E-state index contributed by atoms with van der Waals surface area (Å²) in [5.41, 5.74) is 5.89. The zero-order valence-corrected chi connectivity index (χ0v) is 9.99. The van der Waals surface area contributed by atoms with Crippen LogP contribution in [-0.4, -0.2) is 29.4 Å². The topological polar surface area (TPSA) is 46.3 Å². The molecule has 0 spiro atoms. The Morgan fingerprint density at radius 3 is 2.47 bits per heavy atom. The molecule has 2 N–H and O–H groups in total. The second kappa shape index (κ2) is 3.48. The number of hydrogen-bond acceptors (Lipinski definition) is 2. The van der Waals surface area contributed by atoms with Gasteiger partial charge in [-0.3, -0.25) is 4.79 Å². The fraction of sp³-hybridized carbons (Fsp3) is 0.917. The van der Waals surface area contributed by atoms with E-state index in [0.717, 1.165) is 12.5 Å². The van der Waals surface area contributed by atoms with E-state index in [2.05, 4.69) is 0 Å². The minimum absolute atomic E-state index is 0.126. The third kappa shape index (κ3) is 1.89. The van der Waals surface area contributed by atoms with Gasteiger partial charge in [0.25, 0.3) is 0 Å². The first-order chi connectivity index (χ1) is 6.89. The molecule has 0 aromatic carbocycles. The third-order valence-electron chi connectivity index (χ3n) is 3.89. The molecule has 0 radical (unpaired) electrons. The molecule has 1 aliphatic carbocycles. The van der Waals surface area contributed by atoms with Crippen LogP contribution in [0.4, 0.5) is 0 Å². The molecule has 2 fully saturated rings. The van der Waals surface area contributed by atoms with Crippen molar-refractivity contribution in [3.63, 3.8) is 0 Å². The molecule has 1 saturated carbocycles. The Balaban J connectivity index is 2.03. The van der Waals surface area contributed by atoms with Gasteiger partial charge >= 0.3 is 0 Å². The minimum Gasteiger partial charge on any atom is -0.338 e. The van der Waals surface area contributed by atoms with E-state index in [0.29, 0.717) is 6.04 Å². The molecule has 15 heavy (non-hydrogen) atoms. The Bertz CT molecular complexity index is 269. The Hall–Kier alpha value is -0.570. The molecule has 3 heteroatoms. The first-order valence-corrected chi connectivity index (χ1v) is 5.95. The minimum atomic E-state index is -0.350. The maximum absolute atomic E-state index is 12.2. The molecule has 2 aliphatic rings. The predicted octanol–water partition coefficient (Wildman–Crippen LogP) is 1.37. The highest BCUT2D eigenvalue weighted by molar-refractivity contribution is 5.83. The molecular weight excluding hydrogens is 188 g/mol. The van der Waals surface area contributed by atoms with E-state index in [1.54, 1.807) is 0 Å². The standard InChI is InChI=1S/C12H22N2O/c1-12(2,3)10(13)11(15)14-7-8-4-5-9(14)6-8/h8-10H,4-7,13H2,1-3H3/t8?,9?,10-/m1/s1. The van der Waals surface area contributed by atoms with Crippen molar-refractivity contribution in [3.8, 4) is 0 Å². The van der Waals surface area contributed by atoms with Crippen molar-refractivity contribution in [2.24, 2.45) is 17.1 Å². The van der Waals surface area contributed by atoms with Gasteiger partial charge in [-0.15, -0.1) is 0 Å². The summed E-state index contributed by atoms with van der Waals surface area (Å²) in [7, 11) is 0. The van der Waals surface area contributed by atoms with E-state index in [1.165, 1.54) is 19.3 Å². The van der Waals surface area contributed by atoms with Gasteiger partial charge < -0.3 is 10.6 Å². The zero-order chi connectivity index (χ0) is 11.2. The number of nitrogens with zero attached hydrogens (tertiary/aromatic N) is 1. The predicted molar refractivity (Wildman–Crippen MR) is 60.3 cm³/mol. The number of likely N-dealkylation sites (tertiary alicyclic amines) is 1. The lowest BCUT2D eigenvalue weighted by Gasteiger charge is -2.34. The number of amides is 1. The Morgan fingerprint density at radius 1 is 1.40 bits per heavy atom. The fourth-order valence-electron chi connectivity index (χ4n) is 2.74. The third-order valence-corrected chi connectivity index (χ3v) is 3.89. The summed E-state index contributed by atoms with van der Waals surface area (Å²) >= 11 is 0. The number of hydrogen-bond donors (Lipinski definition) is 1. The Labute approximate surface area is 92.0 Å². The van der Waals surface area contributed by atoms with Crippen molar-refractivity contribution in [3.05, 3.63) is 0 Å². The van der Waals surface area contributed by atoms with E-state index in [1.807, 2.05) is 25.7 Å². The van der Waals surface area contributed by atoms with Crippen LogP contribution in [0.5, 0.6) is 0 Å². The van der Waals surface area contributed by atoms with Crippen LogP contribution >= 0.6 is 0 Å². The normalized spacial score (nSPS) is 32.1. The molecular formula is C12H22N2O. The number of carbonyl (C=O) groups excluding carboxylic acids is 1. The van der Waals surface area contributed by atoms with Crippen molar-refractivity contribution in [2.75, 3.05) is 6.54 Å². The van der Waals surface area contributed by atoms with Crippen molar-refractivity contribution < 1.29 is 4.79 Å². The molecule has 0 aromatic heterocycles. The van der Waals surface area contributed by atoms with Crippen LogP contribution in [0.3, 0.4) is 0 Å². The number of rotatable bonds is 1. The second-order valence-corrected chi connectivity index (χ2v) is 6.17. The van der Waals surface area contributed by atoms with E-state index >= 15 is 0 Å². The molecule has 86 valence electrons. The highest BCUT2D eigenvalue weighted by Gasteiger charge is 2.43. The van der Waals surface area contributed by atoms with Gasteiger partial charge in [-0.1, -0.05) is 20.8 Å². The van der Waals surface area contributed by atoms with E-state index in [-0.39, 0.29) is 17.4 Å². The van der Waals surface area contributed by atoms with Crippen molar-refractivity contribution in [2.45, 2.75) is 52.1 Å². The summed E-state index contributed by atoms with van der Waals surface area (Å²) in [4.78, 5) is 14.2. The molecule has 1 saturated heterocycles. The van der Waals surface area contributed by atoms with Crippen LogP contribution in [-0.2, 0) is 4.79 Å². The Morgan fingerprint density at radius 2 is 2.07 bits per heavy atom. The van der Waals surface area contributed by atoms with Crippen LogP contribution < -0.4 is 5.73 Å². The summed E-state index contributed by atoms with van der Waals surface area (Å²) in [5, 5.41) is 0. The molecule has 2 rings (SSSR count). The quantitative estimate of drug-likeness (QED) is 0.710. The molecule has 2 bridgehead atoms. The summed E-state index contributed by atoms with van der Waals surface area (Å²) in [6.07, 6.45) is 3.70. The van der Waals surface area contributed by atoms with Gasteiger partial charge in [-0.2, -0.15) is 0 Å². The molecule has 2 unspecified atom stereocenters. The second-order valence-electron chi connectivity index (χ2n) is 6.17. The zero-order valence-electron chi connectivity index (χ0n) is 9.99. The average Bonchev–Trinajstić information content (AvgIpc) is 2.74. The number of carbonyl (C=O) groups is 1. The molecule has 0 aromatic rings. The van der Waals surface area contributed by atoms with E-state index < -0.39 is 0 Å². The first kappa shape index (κ1) is 10.9. The molecule has 1 amide bonds.